The fourth-order valence-electron chi connectivity index (χ4n) is 3.15. The smallest absolute Gasteiger partial charge is 0.335 e. The van der Waals surface area contributed by atoms with Crippen LogP contribution in [0.5, 0.6) is 5.75 Å². The topological polar surface area (TPSA) is 121 Å². The van der Waals surface area contributed by atoms with Crippen molar-refractivity contribution in [1.82, 2.24) is 14.8 Å². The number of aromatic nitrogens is 3. The Morgan fingerprint density at radius 2 is 2.13 bits per heavy atom. The Hall–Kier alpha value is -3.28. The van der Waals surface area contributed by atoms with Crippen molar-refractivity contribution in [3.05, 3.63) is 53.5 Å². The first kappa shape index (κ1) is 20.0. The number of carboxylic acids is 1. The van der Waals surface area contributed by atoms with Gasteiger partial charge in [0.1, 0.15) is 10.8 Å². The maximum atomic E-state index is 12.1. The van der Waals surface area contributed by atoms with Crippen LogP contribution in [0.2, 0.25) is 0 Å². The predicted octanol–water partition coefficient (Wildman–Crippen LogP) is 3.34. The number of para-hydroxylation sites is 1. The van der Waals surface area contributed by atoms with E-state index in [1.807, 2.05) is 25.2 Å². The van der Waals surface area contributed by atoms with Gasteiger partial charge < -0.3 is 14.4 Å². The lowest BCUT2D eigenvalue weighted by Crippen LogP contribution is -2.20. The highest BCUT2D eigenvalue weighted by molar-refractivity contribution is 7.81. The molecule has 30 heavy (non-hydrogen) atoms. The molecular formula is C19H15N4O5S2-. The van der Waals surface area contributed by atoms with Crippen LogP contribution < -0.4 is 9.04 Å². The SMILES string of the molecule is COc1cc(C(=O)O)ccc1N(c1csc(-c2cccc3cnn(C)c23)n1)S(=O)[O-]. The predicted molar refractivity (Wildman–Crippen MR) is 113 cm³/mol. The Morgan fingerprint density at radius 1 is 1.33 bits per heavy atom. The van der Waals surface area contributed by atoms with Crippen molar-refractivity contribution in [2.75, 3.05) is 11.4 Å². The van der Waals surface area contributed by atoms with E-state index in [1.165, 1.54) is 36.6 Å². The summed E-state index contributed by atoms with van der Waals surface area (Å²) in [5, 5.41) is 16.6. The molecule has 0 aliphatic heterocycles. The molecule has 0 amide bonds. The van der Waals surface area contributed by atoms with Gasteiger partial charge in [0, 0.05) is 23.4 Å². The molecule has 1 unspecified atom stereocenters. The second-order valence-electron chi connectivity index (χ2n) is 6.23. The summed E-state index contributed by atoms with van der Waals surface area (Å²) in [6, 6.07) is 9.67. The number of hydrogen-bond acceptors (Lipinski definition) is 7. The van der Waals surface area contributed by atoms with Crippen LogP contribution in [-0.2, 0) is 18.3 Å². The average Bonchev–Trinajstić information content (AvgIpc) is 3.35. The molecule has 4 rings (SSSR count). The van der Waals surface area contributed by atoms with Crippen molar-refractivity contribution >= 4 is 51.0 Å². The monoisotopic (exact) mass is 443 g/mol. The van der Waals surface area contributed by atoms with E-state index < -0.39 is 17.2 Å². The van der Waals surface area contributed by atoms with E-state index in [-0.39, 0.29) is 22.8 Å². The lowest BCUT2D eigenvalue weighted by Gasteiger charge is -2.25. The fourth-order valence-corrected chi connectivity index (χ4v) is 4.58. The van der Waals surface area contributed by atoms with Crippen LogP contribution in [0.15, 0.2) is 48.0 Å². The number of aromatic carboxylic acids is 1. The van der Waals surface area contributed by atoms with Gasteiger partial charge in [-0.2, -0.15) is 5.10 Å². The van der Waals surface area contributed by atoms with Crippen molar-refractivity contribution in [2.45, 2.75) is 0 Å². The summed E-state index contributed by atoms with van der Waals surface area (Å²) in [5.74, 6) is -0.874. The van der Waals surface area contributed by atoms with E-state index >= 15 is 0 Å². The Morgan fingerprint density at radius 3 is 2.83 bits per heavy atom. The van der Waals surface area contributed by atoms with Crippen molar-refractivity contribution in [3.8, 4) is 16.3 Å². The van der Waals surface area contributed by atoms with Crippen LogP contribution in [0, 0.1) is 0 Å². The third-order valence-electron chi connectivity index (χ3n) is 4.49. The summed E-state index contributed by atoms with van der Waals surface area (Å²) < 4.78 is 32.1. The van der Waals surface area contributed by atoms with Gasteiger partial charge in [0.05, 0.1) is 41.3 Å². The Kier molecular flexibility index (Phi) is 5.24. The first-order valence-corrected chi connectivity index (χ1v) is 10.5. The van der Waals surface area contributed by atoms with Crippen LogP contribution in [0.3, 0.4) is 0 Å². The van der Waals surface area contributed by atoms with Gasteiger partial charge in [-0.1, -0.05) is 12.1 Å². The van der Waals surface area contributed by atoms with Crippen molar-refractivity contribution in [2.24, 2.45) is 7.05 Å². The van der Waals surface area contributed by atoms with Crippen LogP contribution >= 0.6 is 11.3 Å². The summed E-state index contributed by atoms with van der Waals surface area (Å²) >= 11 is -1.43. The molecule has 1 N–H and O–H groups in total. The molecule has 2 aromatic heterocycles. The quantitative estimate of drug-likeness (QED) is 0.454. The lowest BCUT2D eigenvalue weighted by molar-refractivity contribution is 0.0696. The number of nitrogens with zero attached hydrogens (tertiary/aromatic N) is 4. The van der Waals surface area contributed by atoms with Gasteiger partial charge in [-0.3, -0.25) is 8.89 Å². The molecule has 2 aromatic carbocycles. The Labute approximate surface area is 177 Å². The Balaban J connectivity index is 1.81. The molecule has 0 bridgehead atoms. The van der Waals surface area contributed by atoms with Gasteiger partial charge in [0.2, 0.25) is 0 Å². The number of hydrogen-bond donors (Lipinski definition) is 1. The number of aryl methyl sites for hydroxylation is 1. The second-order valence-corrected chi connectivity index (χ2v) is 7.88. The number of ether oxygens (including phenoxy) is 1. The molecule has 0 aliphatic carbocycles. The van der Waals surface area contributed by atoms with E-state index in [4.69, 9.17) is 4.74 Å². The maximum Gasteiger partial charge on any atom is 0.335 e. The third-order valence-corrected chi connectivity index (χ3v) is 6.03. The van der Waals surface area contributed by atoms with Crippen LogP contribution in [-0.4, -0.2) is 41.7 Å². The number of fused-ring (bicyclic) bond motifs is 1. The van der Waals surface area contributed by atoms with E-state index in [2.05, 4.69) is 10.1 Å². The molecular weight excluding hydrogens is 428 g/mol. The van der Waals surface area contributed by atoms with Crippen LogP contribution in [0.1, 0.15) is 10.4 Å². The molecule has 0 fully saturated rings. The number of thiazole rings is 1. The fraction of sp³-hybridized carbons (Fsp3) is 0.105. The van der Waals surface area contributed by atoms with Crippen molar-refractivity contribution in [3.63, 3.8) is 0 Å². The summed E-state index contributed by atoms with van der Waals surface area (Å²) in [6.45, 7) is 0. The van der Waals surface area contributed by atoms with Gasteiger partial charge in [-0.25, -0.2) is 14.1 Å². The highest BCUT2D eigenvalue weighted by Gasteiger charge is 2.21. The first-order valence-electron chi connectivity index (χ1n) is 8.58. The molecule has 0 radical (unpaired) electrons. The number of benzene rings is 2. The summed E-state index contributed by atoms with van der Waals surface area (Å²) in [6.07, 6.45) is 1.75. The molecule has 0 spiro atoms. The van der Waals surface area contributed by atoms with Gasteiger partial charge in [0.15, 0.2) is 5.82 Å². The third kappa shape index (κ3) is 3.43. The van der Waals surface area contributed by atoms with Gasteiger partial charge in [-0.15, -0.1) is 11.3 Å². The zero-order valence-electron chi connectivity index (χ0n) is 15.8. The minimum absolute atomic E-state index is 0.0194. The van der Waals surface area contributed by atoms with Gasteiger partial charge in [-0.05, 0) is 24.3 Å². The molecule has 9 nitrogen and oxygen atoms in total. The average molecular weight is 443 g/mol. The number of carboxylic acid groups (broad SMARTS) is 1. The van der Waals surface area contributed by atoms with Crippen molar-refractivity contribution in [1.29, 1.82) is 0 Å². The minimum Gasteiger partial charge on any atom is -0.755 e. The van der Waals surface area contributed by atoms with Gasteiger partial charge >= 0.3 is 5.97 Å². The zero-order chi connectivity index (χ0) is 21.4. The largest absolute Gasteiger partial charge is 0.755 e. The van der Waals surface area contributed by atoms with E-state index in [9.17, 15) is 18.7 Å². The van der Waals surface area contributed by atoms with Gasteiger partial charge in [0.25, 0.3) is 0 Å². The lowest BCUT2D eigenvalue weighted by atomic mass is 10.1. The minimum atomic E-state index is -2.72. The van der Waals surface area contributed by atoms with E-state index in [0.29, 0.717) is 5.01 Å². The molecule has 4 aromatic rings. The molecule has 2 heterocycles. The van der Waals surface area contributed by atoms with E-state index in [1.54, 1.807) is 16.3 Å². The van der Waals surface area contributed by atoms with Crippen LogP contribution in [0.4, 0.5) is 11.5 Å². The maximum absolute atomic E-state index is 12.1. The normalized spacial score (nSPS) is 12.1. The number of rotatable bonds is 6. The molecule has 0 saturated carbocycles. The Bertz CT molecular complexity index is 1280. The summed E-state index contributed by atoms with van der Waals surface area (Å²) in [4.78, 5) is 15.7. The number of anilines is 2. The summed E-state index contributed by atoms with van der Waals surface area (Å²) in [5.41, 5.74) is 1.85. The zero-order valence-corrected chi connectivity index (χ0v) is 17.4. The van der Waals surface area contributed by atoms with E-state index in [0.717, 1.165) is 20.8 Å². The molecule has 1 atom stereocenters. The first-order chi connectivity index (χ1) is 14.4. The van der Waals surface area contributed by atoms with Crippen molar-refractivity contribution < 1.29 is 23.4 Å². The molecule has 0 saturated heterocycles. The standard InChI is InChI=1S/C19H16N4O5S2/c1-22-17-12(9-20-22)4-3-5-13(17)18-21-16(10-29-18)23(30(26)27)14-7-6-11(19(24)25)8-15(14)28-2/h3-10H,1-2H3,(H,24,25)(H,26,27)/p-1. The summed E-state index contributed by atoms with van der Waals surface area (Å²) in [7, 11) is 3.17. The highest BCUT2D eigenvalue weighted by Crippen LogP contribution is 2.38. The second kappa shape index (κ2) is 7.86. The molecule has 154 valence electrons. The molecule has 0 aliphatic rings. The highest BCUT2D eigenvalue weighted by atomic mass is 32.2. The van der Waals surface area contributed by atoms with Crippen LogP contribution in [0.25, 0.3) is 21.5 Å². The number of carbonyl (C=O) groups is 1. The molecule has 11 heteroatoms. The number of methoxy groups -OCH3 is 1.